The highest BCUT2D eigenvalue weighted by Crippen LogP contribution is 2.67. The van der Waals surface area contributed by atoms with E-state index in [1.54, 1.807) is 6.92 Å². The second-order valence-electron chi connectivity index (χ2n) is 10.2. The quantitative estimate of drug-likeness (QED) is 0.0909. The Hall–Kier alpha value is -1.75. The molecule has 0 aliphatic rings. The van der Waals surface area contributed by atoms with Gasteiger partial charge in [-0.05, 0) is 6.42 Å². The van der Waals surface area contributed by atoms with Crippen molar-refractivity contribution < 1.29 is 110 Å². The summed E-state index contributed by atoms with van der Waals surface area (Å²) in [7, 11) is 0. The molecule has 0 aliphatic carbocycles. The summed E-state index contributed by atoms with van der Waals surface area (Å²) in [6, 6.07) is 0. The molecular formula is C22H21F25. The van der Waals surface area contributed by atoms with Gasteiger partial charge in [0.15, 0.2) is 0 Å². The van der Waals surface area contributed by atoms with E-state index in [-0.39, 0.29) is 12.8 Å². The molecule has 0 fully saturated rings. The van der Waals surface area contributed by atoms with Gasteiger partial charge in [-0.3, -0.25) is 0 Å². The van der Waals surface area contributed by atoms with Crippen LogP contribution in [0.1, 0.15) is 64.7 Å². The van der Waals surface area contributed by atoms with Crippen LogP contribution in [0.2, 0.25) is 0 Å². The monoisotopic (exact) mass is 760 g/mol. The molecule has 0 spiro atoms. The summed E-state index contributed by atoms with van der Waals surface area (Å²) in [6.07, 6.45) is -10.2. The summed E-state index contributed by atoms with van der Waals surface area (Å²) in [5.41, 5.74) is 0. The predicted molar refractivity (Wildman–Crippen MR) is 108 cm³/mol. The molecule has 25 heteroatoms. The lowest BCUT2D eigenvalue weighted by Gasteiger charge is -2.45. The number of rotatable bonds is 19. The second-order valence-corrected chi connectivity index (χ2v) is 10.2. The molecule has 0 aromatic carbocycles. The average molecular weight is 760 g/mol. The van der Waals surface area contributed by atoms with Gasteiger partial charge in [0.2, 0.25) is 0 Å². The molecule has 0 saturated heterocycles. The minimum absolute atomic E-state index is 0.107. The molecule has 0 heterocycles. The standard InChI is InChI=1S/C22H21F25/c1-2-3-4-5-6-7-8-9-10-11(23,24)12(25,26)13(27,28)14(29,30)15(31,32)16(33,34)17(35,36)18(37,38)19(39,40)20(41,42)21(43,44)22(45,46)47/h2-10H2,1H3. The summed E-state index contributed by atoms with van der Waals surface area (Å²) in [5, 5.41) is 0. The fourth-order valence-corrected chi connectivity index (χ4v) is 3.62. The van der Waals surface area contributed by atoms with Crippen LogP contribution in [0.25, 0.3) is 0 Å². The molecule has 0 bridgehead atoms. The van der Waals surface area contributed by atoms with Gasteiger partial charge in [0.25, 0.3) is 0 Å². The summed E-state index contributed by atoms with van der Waals surface area (Å²) in [6.45, 7) is 1.77. The highest BCUT2D eigenvalue weighted by atomic mass is 19.4. The number of hydrogen-bond acceptors (Lipinski definition) is 0. The van der Waals surface area contributed by atoms with E-state index >= 15 is 0 Å². The van der Waals surface area contributed by atoms with Crippen molar-refractivity contribution in [2.24, 2.45) is 0 Å². The lowest BCUT2D eigenvalue weighted by molar-refractivity contribution is -0.482. The van der Waals surface area contributed by atoms with Crippen molar-refractivity contribution in [2.75, 3.05) is 0 Å². The van der Waals surface area contributed by atoms with Crippen LogP contribution >= 0.6 is 0 Å². The molecule has 0 nitrogen and oxygen atoms in total. The molecule has 0 amide bonds. The maximum atomic E-state index is 13.9. The summed E-state index contributed by atoms with van der Waals surface area (Å²) in [4.78, 5) is 0. The Kier molecular flexibility index (Phi) is 12.7. The lowest BCUT2D eigenvalue weighted by atomic mass is 9.84. The van der Waals surface area contributed by atoms with Crippen molar-refractivity contribution in [1.82, 2.24) is 0 Å². The van der Waals surface area contributed by atoms with Crippen LogP contribution in [-0.2, 0) is 0 Å². The predicted octanol–water partition coefficient (Wildman–Crippen LogP) is 12.1. The van der Waals surface area contributed by atoms with Crippen molar-refractivity contribution in [3.8, 4) is 0 Å². The molecule has 0 aromatic heterocycles. The van der Waals surface area contributed by atoms with E-state index in [4.69, 9.17) is 0 Å². The first-order chi connectivity index (χ1) is 20.3. The van der Waals surface area contributed by atoms with Crippen molar-refractivity contribution in [3.05, 3.63) is 0 Å². The number of hydrogen-bond donors (Lipinski definition) is 0. The van der Waals surface area contributed by atoms with Gasteiger partial charge in [-0.2, -0.15) is 110 Å². The fourth-order valence-electron chi connectivity index (χ4n) is 3.62. The molecule has 0 N–H and O–H groups in total. The van der Waals surface area contributed by atoms with E-state index in [9.17, 15) is 110 Å². The van der Waals surface area contributed by atoms with Crippen LogP contribution in [0.5, 0.6) is 0 Å². The zero-order valence-electron chi connectivity index (χ0n) is 22.8. The van der Waals surface area contributed by atoms with Crippen molar-refractivity contribution in [1.29, 1.82) is 0 Å². The number of alkyl halides is 25. The van der Waals surface area contributed by atoms with Gasteiger partial charge in [0, 0.05) is 6.42 Å². The largest absolute Gasteiger partial charge is 0.460 e. The minimum atomic E-state index is -9.56. The van der Waals surface area contributed by atoms with E-state index < -0.39 is 90.6 Å². The molecule has 0 unspecified atom stereocenters. The minimum Gasteiger partial charge on any atom is -0.200 e. The van der Waals surface area contributed by atoms with Crippen molar-refractivity contribution in [3.63, 3.8) is 0 Å². The second kappa shape index (κ2) is 13.2. The Labute approximate surface area is 247 Å². The van der Waals surface area contributed by atoms with Gasteiger partial charge >= 0.3 is 71.3 Å². The molecule has 0 radical (unpaired) electrons. The van der Waals surface area contributed by atoms with Crippen molar-refractivity contribution in [2.45, 2.75) is 136 Å². The first-order valence-electron chi connectivity index (χ1n) is 12.5. The zero-order chi connectivity index (χ0) is 38.4. The van der Waals surface area contributed by atoms with Crippen LogP contribution < -0.4 is 0 Å². The van der Waals surface area contributed by atoms with Crippen LogP contribution in [-0.4, -0.2) is 71.3 Å². The molecule has 0 atom stereocenters. The summed E-state index contributed by atoms with van der Waals surface area (Å²) < 4.78 is 336. The van der Waals surface area contributed by atoms with Crippen LogP contribution in [0.4, 0.5) is 110 Å². The van der Waals surface area contributed by atoms with Gasteiger partial charge < -0.3 is 0 Å². The van der Waals surface area contributed by atoms with E-state index in [0.29, 0.717) is 25.7 Å². The van der Waals surface area contributed by atoms with E-state index in [1.165, 1.54) is 0 Å². The Morgan fingerprint density at radius 3 is 0.723 bits per heavy atom. The Bertz CT molecular complexity index is 1020. The van der Waals surface area contributed by atoms with E-state index in [2.05, 4.69) is 0 Å². The third kappa shape index (κ3) is 6.74. The Morgan fingerprint density at radius 1 is 0.255 bits per heavy atom. The number of halogens is 25. The van der Waals surface area contributed by atoms with E-state index in [1.807, 2.05) is 0 Å². The zero-order valence-corrected chi connectivity index (χ0v) is 22.8. The normalized spacial score (nSPS) is 16.2. The highest BCUT2D eigenvalue weighted by Gasteiger charge is 2.99. The van der Waals surface area contributed by atoms with Gasteiger partial charge in [-0.15, -0.1) is 0 Å². The smallest absolute Gasteiger partial charge is 0.200 e. The molecule has 0 aliphatic heterocycles. The third-order valence-corrected chi connectivity index (χ3v) is 6.71. The first-order valence-corrected chi connectivity index (χ1v) is 12.5. The van der Waals surface area contributed by atoms with Crippen LogP contribution in [0.15, 0.2) is 0 Å². The van der Waals surface area contributed by atoms with Gasteiger partial charge in [-0.25, -0.2) is 0 Å². The average Bonchev–Trinajstić information content (AvgIpc) is 2.88. The maximum absolute atomic E-state index is 13.9. The molecule has 284 valence electrons. The molecule has 0 rings (SSSR count). The van der Waals surface area contributed by atoms with Gasteiger partial charge in [0.05, 0.1) is 0 Å². The Balaban J connectivity index is 6.72. The van der Waals surface area contributed by atoms with Crippen molar-refractivity contribution >= 4 is 0 Å². The summed E-state index contributed by atoms with van der Waals surface area (Å²) in [5.74, 6) is -97.6. The topological polar surface area (TPSA) is 0 Å². The fraction of sp³-hybridized carbons (Fsp3) is 1.00. The molecule has 0 saturated carbocycles. The van der Waals surface area contributed by atoms with Crippen LogP contribution in [0.3, 0.4) is 0 Å². The maximum Gasteiger partial charge on any atom is 0.460 e. The summed E-state index contributed by atoms with van der Waals surface area (Å²) >= 11 is 0. The lowest BCUT2D eigenvalue weighted by Crippen LogP contribution is -2.78. The van der Waals surface area contributed by atoms with Gasteiger partial charge in [-0.1, -0.05) is 51.9 Å². The van der Waals surface area contributed by atoms with Gasteiger partial charge in [0.1, 0.15) is 0 Å². The molecule has 47 heavy (non-hydrogen) atoms. The SMILES string of the molecule is CCCCCCCCCCC(F)(F)C(F)(F)C(F)(F)C(F)(F)C(F)(F)C(F)(F)C(F)(F)C(F)(F)C(F)(F)C(F)(F)C(F)(F)C(F)(F)F. The third-order valence-electron chi connectivity index (χ3n) is 6.71. The van der Waals surface area contributed by atoms with E-state index in [0.717, 1.165) is 0 Å². The molecule has 0 aromatic rings. The number of unbranched alkanes of at least 4 members (excludes halogenated alkanes) is 7. The highest BCUT2D eigenvalue weighted by molar-refractivity contribution is 5.19. The van der Waals surface area contributed by atoms with Crippen LogP contribution in [0, 0.1) is 0 Å². The first kappa shape index (κ1) is 45.2. The molecular weight excluding hydrogens is 739 g/mol. The Morgan fingerprint density at radius 2 is 0.468 bits per heavy atom.